The van der Waals surface area contributed by atoms with Crippen molar-refractivity contribution in [1.29, 1.82) is 0 Å². The predicted molar refractivity (Wildman–Crippen MR) is 423 cm³/mol. The van der Waals surface area contributed by atoms with Crippen LogP contribution in [0.15, 0.2) is 355 Å². The molecule has 0 saturated carbocycles. The maximum Gasteiger partial charge on any atom is 0.164 e. The maximum absolute atomic E-state index is 5.41. The van der Waals surface area contributed by atoms with Crippen LogP contribution in [0.25, 0.3) is 201 Å². The van der Waals surface area contributed by atoms with Crippen LogP contribution in [0.3, 0.4) is 0 Å². The minimum Gasteiger partial charge on any atom is -0.247 e. The van der Waals surface area contributed by atoms with Crippen LogP contribution in [0.2, 0.25) is 0 Å². The molecule has 106 heavy (non-hydrogen) atoms. The lowest BCUT2D eigenvalue weighted by atomic mass is 9.93. The molecule has 20 rings (SSSR count). The molecular weight excluding hydrogens is 1300 g/mol. The zero-order valence-electron chi connectivity index (χ0n) is 56.6. The SMILES string of the molecule is c1ccc(-c2cc(-c3ccc(-c4ccc5c(c4)nc(-c4ccccc4)c4cc(-c6ccccc6)c6nonc6c45)cc3)nc(-c3ccccc3)n2)cc1.c1ccc(-c2nc(-c3ccccc3)nc(-c3ccc(-c4ccc5c(c4)nc(-c4ccccc4)c4cc(-c6ccccc6)c6nonc6c45)cc3)n2)cc1. The second-order valence-electron chi connectivity index (χ2n) is 25.9. The van der Waals surface area contributed by atoms with Crippen LogP contribution in [-0.2, 0) is 0 Å². The van der Waals surface area contributed by atoms with Gasteiger partial charge in [0.15, 0.2) is 23.3 Å². The first-order valence-electron chi connectivity index (χ1n) is 34.9. The number of rotatable bonds is 12. The summed E-state index contributed by atoms with van der Waals surface area (Å²) in [4.78, 5) is 35.3. The van der Waals surface area contributed by atoms with Gasteiger partial charge in [-0.15, -0.1) is 0 Å². The first-order valence-corrected chi connectivity index (χ1v) is 34.9. The summed E-state index contributed by atoms with van der Waals surface area (Å²) >= 11 is 0. The fourth-order valence-electron chi connectivity index (χ4n) is 14.2. The van der Waals surface area contributed by atoms with Gasteiger partial charge in [0.1, 0.15) is 22.1 Å². The van der Waals surface area contributed by atoms with Crippen molar-refractivity contribution in [3.63, 3.8) is 0 Å². The molecule has 0 spiro atoms. The summed E-state index contributed by atoms with van der Waals surface area (Å²) in [6, 6.07) is 118. The Kier molecular flexibility index (Phi) is 15.9. The van der Waals surface area contributed by atoms with Gasteiger partial charge in [0.2, 0.25) is 0 Å². The van der Waals surface area contributed by atoms with E-state index in [0.717, 1.165) is 172 Å². The van der Waals surface area contributed by atoms with Gasteiger partial charge < -0.3 is 0 Å². The molecule has 0 aliphatic rings. The Balaban J connectivity index is 0.000000145. The van der Waals surface area contributed by atoms with Crippen LogP contribution in [0, 0.1) is 0 Å². The van der Waals surface area contributed by atoms with E-state index >= 15 is 0 Å². The summed E-state index contributed by atoms with van der Waals surface area (Å²) in [5.41, 5.74) is 24.2. The van der Waals surface area contributed by atoms with Gasteiger partial charge in [-0.05, 0) is 84.3 Å². The number of benzene rings is 14. The minimum atomic E-state index is 0.614. The molecular formula is C93H57N11O2. The van der Waals surface area contributed by atoms with Crippen molar-refractivity contribution in [2.24, 2.45) is 0 Å². The Morgan fingerprint density at radius 1 is 0.179 bits per heavy atom. The van der Waals surface area contributed by atoms with Gasteiger partial charge in [0, 0.05) is 88.0 Å². The van der Waals surface area contributed by atoms with Crippen LogP contribution in [0.1, 0.15) is 0 Å². The summed E-state index contributed by atoms with van der Waals surface area (Å²) in [5.74, 6) is 2.57. The van der Waals surface area contributed by atoms with Gasteiger partial charge in [0.05, 0.1) is 33.8 Å². The monoisotopic (exact) mass is 1360 g/mol. The van der Waals surface area contributed by atoms with Crippen LogP contribution in [0.5, 0.6) is 0 Å². The molecule has 20 aromatic rings. The van der Waals surface area contributed by atoms with Gasteiger partial charge in [-0.2, -0.15) is 0 Å². The van der Waals surface area contributed by atoms with Gasteiger partial charge in [0.25, 0.3) is 0 Å². The lowest BCUT2D eigenvalue weighted by molar-refractivity contribution is 0.316. The molecule has 496 valence electrons. The second-order valence-corrected chi connectivity index (χ2v) is 25.9. The average Bonchev–Trinajstić information content (AvgIpc) is 1.19. The molecule has 0 unspecified atom stereocenters. The molecule has 0 saturated heterocycles. The molecule has 0 aliphatic carbocycles. The number of hydrogen-bond acceptors (Lipinski definition) is 13. The smallest absolute Gasteiger partial charge is 0.164 e. The highest BCUT2D eigenvalue weighted by atomic mass is 16.6. The molecule has 0 atom stereocenters. The molecule has 0 N–H and O–H groups in total. The van der Waals surface area contributed by atoms with Crippen molar-refractivity contribution in [3.05, 3.63) is 346 Å². The molecule has 0 aliphatic heterocycles. The summed E-state index contributed by atoms with van der Waals surface area (Å²) in [6.07, 6.45) is 0. The van der Waals surface area contributed by atoms with Crippen LogP contribution >= 0.6 is 0 Å². The second kappa shape index (κ2) is 27.0. The largest absolute Gasteiger partial charge is 0.247 e. The molecule has 0 bridgehead atoms. The van der Waals surface area contributed by atoms with Crippen LogP contribution in [0.4, 0.5) is 0 Å². The van der Waals surface area contributed by atoms with E-state index in [4.69, 9.17) is 44.1 Å². The van der Waals surface area contributed by atoms with E-state index in [-0.39, 0.29) is 0 Å². The number of hydrogen-bond donors (Lipinski definition) is 0. The quantitative estimate of drug-likeness (QED) is 0.106. The highest BCUT2D eigenvalue weighted by molar-refractivity contribution is 6.25. The van der Waals surface area contributed by atoms with Crippen molar-refractivity contribution in [2.45, 2.75) is 0 Å². The van der Waals surface area contributed by atoms with E-state index in [9.17, 15) is 0 Å². The van der Waals surface area contributed by atoms with E-state index in [1.54, 1.807) is 0 Å². The molecule has 13 nitrogen and oxygen atoms in total. The Bertz CT molecular complexity index is 6120. The Hall–Kier alpha value is -14.7. The number of aromatic nitrogens is 11. The molecule has 0 amide bonds. The Labute approximate surface area is 607 Å². The molecule has 13 heteroatoms. The van der Waals surface area contributed by atoms with Crippen LogP contribution in [-0.4, -0.2) is 55.5 Å². The van der Waals surface area contributed by atoms with Crippen molar-refractivity contribution >= 4 is 65.4 Å². The molecule has 0 fully saturated rings. The number of pyridine rings is 2. The topological polar surface area (TPSA) is 168 Å². The van der Waals surface area contributed by atoms with Gasteiger partial charge in [-0.3, -0.25) is 0 Å². The number of fused-ring (bicyclic) bond motifs is 10. The third-order valence-corrected chi connectivity index (χ3v) is 19.4. The fourth-order valence-corrected chi connectivity index (χ4v) is 14.2. The Morgan fingerprint density at radius 2 is 0.453 bits per heavy atom. The zero-order chi connectivity index (χ0) is 70.3. The lowest BCUT2D eigenvalue weighted by Crippen LogP contribution is -2.00. The highest BCUT2D eigenvalue weighted by Gasteiger charge is 2.24. The zero-order valence-corrected chi connectivity index (χ0v) is 56.6. The molecule has 0 radical (unpaired) electrons. The van der Waals surface area contributed by atoms with Gasteiger partial charge in [-0.25, -0.2) is 44.1 Å². The van der Waals surface area contributed by atoms with Crippen molar-refractivity contribution in [1.82, 2.24) is 55.5 Å². The molecule has 6 aromatic heterocycles. The maximum atomic E-state index is 5.41. The lowest BCUT2D eigenvalue weighted by Gasteiger charge is -2.14. The Morgan fingerprint density at radius 3 is 0.821 bits per heavy atom. The first-order chi connectivity index (χ1) is 52.5. The fraction of sp³-hybridized carbons (Fsp3) is 0. The van der Waals surface area contributed by atoms with E-state index < -0.39 is 0 Å². The summed E-state index contributed by atoms with van der Waals surface area (Å²) in [7, 11) is 0. The highest BCUT2D eigenvalue weighted by Crippen LogP contribution is 2.44. The first kappa shape index (κ1) is 62.3. The molecule has 6 heterocycles. The van der Waals surface area contributed by atoms with E-state index in [1.165, 1.54) is 0 Å². The standard InChI is InChI=1S/C47H29N5O.C46H28N6O/c1-5-13-31(14-6-1)38-28-39-43(46-45(38)51-53-52-46)37-26-25-36(27-42(37)48-44(39)34-17-9-3-10-18-34)30-21-23-33(24-22-30)41-29-40(32-15-7-2-8-16-32)49-47(50-41)35-19-11-4-12-20-35;1-5-13-30(14-6-1)37-28-38-40(43-42(37)51-53-52-43)36-26-25-35(27-39(36)47-41(38)31-15-7-2-8-16-31)29-21-23-34(24-22-29)46-49-44(32-17-9-3-10-18-32)48-45(50-46)33-19-11-4-12-20-33/h1-29H;1-28H. The minimum absolute atomic E-state index is 0.614. The van der Waals surface area contributed by atoms with Crippen LogP contribution < -0.4 is 0 Å². The third kappa shape index (κ3) is 11.8. The normalized spacial score (nSPS) is 11.4. The summed E-state index contributed by atoms with van der Waals surface area (Å²) in [5, 5.41) is 23.6. The average molecular weight is 1360 g/mol. The summed E-state index contributed by atoms with van der Waals surface area (Å²) in [6.45, 7) is 0. The van der Waals surface area contributed by atoms with E-state index in [0.29, 0.717) is 28.8 Å². The van der Waals surface area contributed by atoms with E-state index in [1.807, 2.05) is 182 Å². The van der Waals surface area contributed by atoms with Gasteiger partial charge >= 0.3 is 0 Å². The van der Waals surface area contributed by atoms with Crippen molar-refractivity contribution < 1.29 is 9.26 Å². The van der Waals surface area contributed by atoms with Gasteiger partial charge in [-0.1, -0.05) is 315 Å². The van der Waals surface area contributed by atoms with E-state index in [2.05, 4.69) is 184 Å². The number of nitrogens with zero attached hydrogens (tertiary/aromatic N) is 11. The third-order valence-electron chi connectivity index (χ3n) is 19.4. The molecule has 14 aromatic carbocycles. The summed E-state index contributed by atoms with van der Waals surface area (Å²) < 4.78 is 10.8. The van der Waals surface area contributed by atoms with Crippen molar-refractivity contribution in [2.75, 3.05) is 0 Å². The van der Waals surface area contributed by atoms with Crippen molar-refractivity contribution in [3.8, 4) is 135 Å². The predicted octanol–water partition coefficient (Wildman–Crippen LogP) is 22.8.